The monoisotopic (exact) mass is 346 g/mol. The number of nitrogens with zero attached hydrogens (tertiary/aromatic N) is 2. The van der Waals surface area contributed by atoms with E-state index >= 15 is 0 Å². The first-order chi connectivity index (χ1) is 11.0. The molecule has 1 aliphatic heterocycles. The molecule has 1 aromatic heterocycles. The molecule has 0 saturated heterocycles. The molecule has 0 N–H and O–H groups in total. The third-order valence-corrected chi connectivity index (χ3v) is 7.00. The molecule has 3 aromatic rings. The number of benzene rings is 2. The number of thiazole rings is 1. The Bertz CT molecular complexity index is 1080. The van der Waals surface area contributed by atoms with Crippen molar-refractivity contribution >= 4 is 37.3 Å². The second-order valence-electron chi connectivity index (χ2n) is 5.51. The van der Waals surface area contributed by atoms with Crippen molar-refractivity contribution in [2.75, 3.05) is 10.8 Å². The number of rotatable bonds is 2. The number of para-hydroxylation sites is 1. The molecule has 0 aliphatic carbocycles. The molecule has 118 valence electrons. The molecule has 0 amide bonds. The molecule has 23 heavy (non-hydrogen) atoms. The van der Waals surface area contributed by atoms with Crippen molar-refractivity contribution in [2.45, 2.75) is 11.3 Å². The maximum atomic E-state index is 13.0. The third kappa shape index (κ3) is 2.11. The summed E-state index contributed by atoms with van der Waals surface area (Å²) >= 11 is 1.06. The Morgan fingerprint density at radius 3 is 2.74 bits per heavy atom. The molecule has 1 aliphatic rings. The minimum absolute atomic E-state index is 0.0962. The minimum atomic E-state index is -3.62. The second kappa shape index (κ2) is 4.94. The van der Waals surface area contributed by atoms with Crippen LogP contribution in [0.4, 0.5) is 5.69 Å². The Hall–Kier alpha value is -2.12. The summed E-state index contributed by atoms with van der Waals surface area (Å²) in [5.74, 6) is 0. The SMILES string of the molecule is Cn1c(=O)sc2cc(S(=O)(=O)N3CCc4ccccc43)ccc21. The van der Waals surface area contributed by atoms with Gasteiger partial charge in [-0.15, -0.1) is 0 Å². The smallest absolute Gasteiger partial charge is 0.302 e. The summed E-state index contributed by atoms with van der Waals surface area (Å²) in [5.41, 5.74) is 2.54. The van der Waals surface area contributed by atoms with Crippen molar-refractivity contribution < 1.29 is 8.42 Å². The van der Waals surface area contributed by atoms with Gasteiger partial charge >= 0.3 is 4.87 Å². The van der Waals surface area contributed by atoms with E-state index in [0.29, 0.717) is 11.2 Å². The number of anilines is 1. The normalized spacial score (nSPS) is 14.4. The molecule has 0 atom stereocenters. The predicted molar refractivity (Wildman–Crippen MR) is 91.7 cm³/mol. The first-order valence-corrected chi connectivity index (χ1v) is 9.44. The fraction of sp³-hybridized carbons (Fsp3) is 0.188. The van der Waals surface area contributed by atoms with Gasteiger partial charge in [-0.25, -0.2) is 8.42 Å². The lowest BCUT2D eigenvalue weighted by molar-refractivity contribution is 0.592. The van der Waals surface area contributed by atoms with Crippen LogP contribution in [0.15, 0.2) is 52.2 Å². The summed E-state index contributed by atoms with van der Waals surface area (Å²) in [6, 6.07) is 12.4. The van der Waals surface area contributed by atoms with Gasteiger partial charge in [-0.3, -0.25) is 9.10 Å². The first-order valence-electron chi connectivity index (χ1n) is 7.19. The van der Waals surface area contributed by atoms with Gasteiger partial charge in [-0.2, -0.15) is 0 Å². The fourth-order valence-corrected chi connectivity index (χ4v) is 5.48. The minimum Gasteiger partial charge on any atom is -0.302 e. The predicted octanol–water partition coefficient (Wildman–Crippen LogP) is 2.35. The molecule has 0 fully saturated rings. The Balaban J connectivity index is 1.85. The first kappa shape index (κ1) is 14.5. The highest BCUT2D eigenvalue weighted by Gasteiger charge is 2.30. The molecule has 4 rings (SSSR count). The van der Waals surface area contributed by atoms with E-state index in [1.807, 2.05) is 24.3 Å². The Morgan fingerprint density at radius 1 is 1.13 bits per heavy atom. The van der Waals surface area contributed by atoms with E-state index in [1.54, 1.807) is 25.2 Å². The van der Waals surface area contributed by atoms with E-state index < -0.39 is 10.0 Å². The summed E-state index contributed by atoms with van der Waals surface area (Å²) in [5, 5.41) is 0. The van der Waals surface area contributed by atoms with Gasteiger partial charge in [0.15, 0.2) is 0 Å². The van der Waals surface area contributed by atoms with E-state index in [9.17, 15) is 13.2 Å². The number of aryl methyl sites for hydroxylation is 1. The van der Waals surface area contributed by atoms with Crippen LogP contribution in [-0.4, -0.2) is 19.5 Å². The van der Waals surface area contributed by atoms with Crippen molar-refractivity contribution in [3.05, 3.63) is 57.7 Å². The molecule has 7 heteroatoms. The van der Waals surface area contributed by atoms with Crippen LogP contribution in [0.2, 0.25) is 0 Å². The maximum absolute atomic E-state index is 13.0. The van der Waals surface area contributed by atoms with Gasteiger partial charge in [0.05, 0.1) is 20.8 Å². The lowest BCUT2D eigenvalue weighted by atomic mass is 10.2. The van der Waals surface area contributed by atoms with E-state index in [-0.39, 0.29) is 9.77 Å². The summed E-state index contributed by atoms with van der Waals surface area (Å²) in [6.07, 6.45) is 0.719. The quantitative estimate of drug-likeness (QED) is 0.716. The second-order valence-corrected chi connectivity index (χ2v) is 8.37. The molecule has 0 radical (unpaired) electrons. The number of sulfonamides is 1. The summed E-state index contributed by atoms with van der Waals surface area (Å²) < 4.78 is 29.6. The fourth-order valence-electron chi connectivity index (χ4n) is 2.96. The zero-order chi connectivity index (χ0) is 16.2. The summed E-state index contributed by atoms with van der Waals surface area (Å²) in [6.45, 7) is 0.449. The Kier molecular flexibility index (Phi) is 3.11. The van der Waals surface area contributed by atoms with E-state index in [1.165, 1.54) is 8.87 Å². The van der Waals surface area contributed by atoms with Crippen molar-refractivity contribution in [3.63, 3.8) is 0 Å². The maximum Gasteiger partial charge on any atom is 0.307 e. The van der Waals surface area contributed by atoms with Crippen LogP contribution in [0.3, 0.4) is 0 Å². The average Bonchev–Trinajstić information content (AvgIpc) is 3.09. The van der Waals surface area contributed by atoms with Gasteiger partial charge in [0.1, 0.15) is 0 Å². The van der Waals surface area contributed by atoms with Crippen molar-refractivity contribution in [3.8, 4) is 0 Å². The topological polar surface area (TPSA) is 59.4 Å². The molecular weight excluding hydrogens is 332 g/mol. The summed E-state index contributed by atoms with van der Waals surface area (Å²) in [4.78, 5) is 11.9. The largest absolute Gasteiger partial charge is 0.307 e. The van der Waals surface area contributed by atoms with Crippen molar-refractivity contribution in [1.82, 2.24) is 4.57 Å². The number of fused-ring (bicyclic) bond motifs is 2. The Labute approximate surface area is 137 Å². The zero-order valence-electron chi connectivity index (χ0n) is 12.4. The summed E-state index contributed by atoms with van der Waals surface area (Å²) in [7, 11) is -1.93. The van der Waals surface area contributed by atoms with Crippen molar-refractivity contribution in [2.24, 2.45) is 7.05 Å². The van der Waals surface area contributed by atoms with Gasteiger partial charge in [0, 0.05) is 13.6 Å². The van der Waals surface area contributed by atoms with Crippen LogP contribution in [0.25, 0.3) is 10.2 Å². The standard InChI is InChI=1S/C16H14N2O3S2/c1-17-14-7-6-12(10-15(14)22-16(17)19)23(20,21)18-9-8-11-4-2-3-5-13(11)18/h2-7,10H,8-9H2,1H3. The molecule has 5 nitrogen and oxygen atoms in total. The van der Waals surface area contributed by atoms with Gasteiger partial charge in [-0.05, 0) is 36.2 Å². The molecule has 2 aromatic carbocycles. The van der Waals surface area contributed by atoms with Crippen LogP contribution in [0.1, 0.15) is 5.56 Å². The highest BCUT2D eigenvalue weighted by atomic mass is 32.2. The van der Waals surface area contributed by atoms with Crippen LogP contribution in [0, 0.1) is 0 Å². The molecular formula is C16H14N2O3S2. The average molecular weight is 346 g/mol. The molecule has 2 heterocycles. The highest BCUT2D eigenvalue weighted by Crippen LogP contribution is 2.33. The zero-order valence-corrected chi connectivity index (χ0v) is 14.0. The lowest BCUT2D eigenvalue weighted by Crippen LogP contribution is -2.29. The van der Waals surface area contributed by atoms with Crippen LogP contribution in [0.5, 0.6) is 0 Å². The van der Waals surface area contributed by atoms with Crippen LogP contribution >= 0.6 is 11.3 Å². The molecule has 0 unspecified atom stereocenters. The highest BCUT2D eigenvalue weighted by molar-refractivity contribution is 7.92. The van der Waals surface area contributed by atoms with Gasteiger partial charge in [0.2, 0.25) is 0 Å². The third-order valence-electron chi connectivity index (χ3n) is 4.20. The van der Waals surface area contributed by atoms with Crippen molar-refractivity contribution in [1.29, 1.82) is 0 Å². The molecule has 0 spiro atoms. The lowest BCUT2D eigenvalue weighted by Gasteiger charge is -2.19. The Morgan fingerprint density at radius 2 is 1.91 bits per heavy atom. The van der Waals surface area contributed by atoms with Gasteiger partial charge in [-0.1, -0.05) is 29.5 Å². The van der Waals surface area contributed by atoms with Gasteiger partial charge in [0.25, 0.3) is 10.0 Å². The number of hydrogen-bond acceptors (Lipinski definition) is 4. The van der Waals surface area contributed by atoms with Crippen LogP contribution < -0.4 is 9.18 Å². The van der Waals surface area contributed by atoms with E-state index in [0.717, 1.165) is 34.5 Å². The number of hydrogen-bond donors (Lipinski definition) is 0. The van der Waals surface area contributed by atoms with Gasteiger partial charge < -0.3 is 4.57 Å². The van der Waals surface area contributed by atoms with E-state index in [2.05, 4.69) is 0 Å². The van der Waals surface area contributed by atoms with Crippen LogP contribution in [-0.2, 0) is 23.5 Å². The molecule has 0 saturated carbocycles. The molecule has 0 bridgehead atoms. The number of aromatic nitrogens is 1. The van der Waals surface area contributed by atoms with E-state index in [4.69, 9.17) is 0 Å².